The highest BCUT2D eigenvalue weighted by atomic mass is 16.2. The first-order valence-corrected chi connectivity index (χ1v) is 9.15. The second kappa shape index (κ2) is 6.12. The highest BCUT2D eigenvalue weighted by molar-refractivity contribution is 5.99. The molecule has 1 aliphatic rings. The molecule has 5 rings (SSSR count). The van der Waals surface area contributed by atoms with Gasteiger partial charge in [0.25, 0.3) is 5.91 Å². The first-order chi connectivity index (χ1) is 13.2. The van der Waals surface area contributed by atoms with Gasteiger partial charge in [0.15, 0.2) is 5.69 Å². The molecule has 1 fully saturated rings. The van der Waals surface area contributed by atoms with E-state index in [9.17, 15) is 9.59 Å². The molecule has 7 nitrogen and oxygen atoms in total. The zero-order valence-corrected chi connectivity index (χ0v) is 14.7. The third-order valence-corrected chi connectivity index (χ3v) is 5.04. The lowest BCUT2D eigenvalue weighted by atomic mass is 10.3. The average Bonchev–Trinajstić information content (AvgIpc) is 3.38. The lowest BCUT2D eigenvalue weighted by molar-refractivity contribution is 0.0949. The van der Waals surface area contributed by atoms with Crippen LogP contribution in [0, 0.1) is 0 Å². The van der Waals surface area contributed by atoms with Crippen LogP contribution in [0.3, 0.4) is 0 Å². The van der Waals surface area contributed by atoms with Gasteiger partial charge < -0.3 is 14.7 Å². The number of carbonyl (C=O) groups is 1. The Balaban J connectivity index is 1.36. The number of para-hydroxylation sites is 2. The number of rotatable bonds is 5. The minimum absolute atomic E-state index is 0.172. The molecule has 0 radical (unpaired) electrons. The molecule has 1 amide bonds. The highest BCUT2D eigenvalue weighted by Gasteiger charge is 2.30. The number of H-pyrrole nitrogens is 1. The van der Waals surface area contributed by atoms with E-state index in [-0.39, 0.29) is 11.6 Å². The van der Waals surface area contributed by atoms with Gasteiger partial charge in [-0.2, -0.15) is 0 Å². The third kappa shape index (κ3) is 2.71. The van der Waals surface area contributed by atoms with E-state index in [2.05, 4.69) is 15.3 Å². The van der Waals surface area contributed by atoms with Gasteiger partial charge in [0.2, 0.25) is 0 Å². The Morgan fingerprint density at radius 3 is 2.78 bits per heavy atom. The number of pyridine rings is 1. The molecular weight excluding hydrogens is 342 g/mol. The maximum absolute atomic E-state index is 12.7. The molecule has 0 spiro atoms. The molecule has 7 heteroatoms. The van der Waals surface area contributed by atoms with Crippen LogP contribution in [0.25, 0.3) is 16.6 Å². The average molecular weight is 361 g/mol. The van der Waals surface area contributed by atoms with Gasteiger partial charge in [0.05, 0.1) is 16.6 Å². The Kier molecular flexibility index (Phi) is 3.60. The lowest BCUT2D eigenvalue weighted by Crippen LogP contribution is -2.30. The van der Waals surface area contributed by atoms with E-state index in [1.165, 1.54) is 0 Å². The number of aromatic amines is 1. The summed E-state index contributed by atoms with van der Waals surface area (Å²) < 4.78 is 3.65. The SMILES string of the molecule is O=C(NCCn1c(=O)[nH]c2ccccc21)c1nc(C2CC2)n2ccccc12. The van der Waals surface area contributed by atoms with Crippen LogP contribution in [0.5, 0.6) is 0 Å². The lowest BCUT2D eigenvalue weighted by Gasteiger charge is -2.05. The molecule has 0 atom stereocenters. The van der Waals surface area contributed by atoms with Crippen molar-refractivity contribution in [2.45, 2.75) is 25.3 Å². The summed E-state index contributed by atoms with van der Waals surface area (Å²) >= 11 is 0. The minimum atomic E-state index is -0.210. The second-order valence-electron chi connectivity index (χ2n) is 6.90. The van der Waals surface area contributed by atoms with Crippen molar-refractivity contribution in [2.75, 3.05) is 6.54 Å². The van der Waals surface area contributed by atoms with Crippen molar-refractivity contribution in [3.8, 4) is 0 Å². The van der Waals surface area contributed by atoms with Crippen LogP contribution in [-0.2, 0) is 6.54 Å². The molecule has 1 aromatic carbocycles. The number of fused-ring (bicyclic) bond motifs is 2. The van der Waals surface area contributed by atoms with Crippen LogP contribution in [0.15, 0.2) is 53.5 Å². The van der Waals surface area contributed by atoms with E-state index in [1.807, 2.05) is 53.1 Å². The van der Waals surface area contributed by atoms with Crippen molar-refractivity contribution >= 4 is 22.5 Å². The number of nitrogens with one attached hydrogen (secondary N) is 2. The van der Waals surface area contributed by atoms with Crippen molar-refractivity contribution < 1.29 is 4.79 Å². The molecule has 4 aromatic rings. The number of amides is 1. The summed E-state index contributed by atoms with van der Waals surface area (Å²) in [6.45, 7) is 0.751. The Morgan fingerprint density at radius 2 is 1.93 bits per heavy atom. The van der Waals surface area contributed by atoms with Crippen LogP contribution < -0.4 is 11.0 Å². The molecule has 0 saturated heterocycles. The summed E-state index contributed by atoms with van der Waals surface area (Å²) in [6, 6.07) is 13.3. The number of nitrogens with zero attached hydrogens (tertiary/aromatic N) is 3. The summed E-state index contributed by atoms with van der Waals surface area (Å²) in [4.78, 5) is 32.3. The fraction of sp³-hybridized carbons (Fsp3) is 0.250. The Labute approximate surface area is 154 Å². The van der Waals surface area contributed by atoms with Crippen molar-refractivity contribution in [2.24, 2.45) is 0 Å². The monoisotopic (exact) mass is 361 g/mol. The van der Waals surface area contributed by atoms with Gasteiger partial charge in [0, 0.05) is 25.2 Å². The van der Waals surface area contributed by atoms with Gasteiger partial charge in [-0.25, -0.2) is 9.78 Å². The number of carbonyl (C=O) groups excluding carboxylic acids is 1. The van der Waals surface area contributed by atoms with E-state index in [0.717, 1.165) is 35.2 Å². The van der Waals surface area contributed by atoms with E-state index < -0.39 is 0 Å². The summed E-state index contributed by atoms with van der Waals surface area (Å²) in [7, 11) is 0. The van der Waals surface area contributed by atoms with Crippen LogP contribution in [0.1, 0.15) is 35.1 Å². The van der Waals surface area contributed by atoms with Crippen molar-refractivity contribution in [1.29, 1.82) is 0 Å². The van der Waals surface area contributed by atoms with Crippen LogP contribution in [0.2, 0.25) is 0 Å². The summed E-state index contributed by atoms with van der Waals surface area (Å²) in [5, 5.41) is 2.91. The number of hydrogen-bond donors (Lipinski definition) is 2. The first kappa shape index (κ1) is 15.9. The molecule has 3 aromatic heterocycles. The maximum atomic E-state index is 12.7. The Bertz CT molecular complexity index is 1210. The second-order valence-corrected chi connectivity index (χ2v) is 6.90. The van der Waals surface area contributed by atoms with Gasteiger partial charge in [-0.1, -0.05) is 18.2 Å². The molecule has 0 bridgehead atoms. The largest absolute Gasteiger partial charge is 0.349 e. The van der Waals surface area contributed by atoms with E-state index in [1.54, 1.807) is 4.57 Å². The highest BCUT2D eigenvalue weighted by Crippen LogP contribution is 2.39. The molecule has 1 saturated carbocycles. The van der Waals surface area contributed by atoms with Crippen LogP contribution >= 0.6 is 0 Å². The van der Waals surface area contributed by atoms with Crippen molar-refractivity contribution in [1.82, 2.24) is 24.3 Å². The molecule has 27 heavy (non-hydrogen) atoms. The topological polar surface area (TPSA) is 84.2 Å². The summed E-state index contributed by atoms with van der Waals surface area (Å²) in [6.07, 6.45) is 4.20. The molecule has 1 aliphatic carbocycles. The predicted octanol–water partition coefficient (Wildman–Crippen LogP) is 2.28. The fourth-order valence-electron chi connectivity index (χ4n) is 3.55. The molecule has 0 aliphatic heterocycles. The van der Waals surface area contributed by atoms with Crippen LogP contribution in [0.4, 0.5) is 0 Å². The van der Waals surface area contributed by atoms with Crippen molar-refractivity contribution in [3.05, 3.63) is 70.7 Å². The zero-order chi connectivity index (χ0) is 18.4. The number of imidazole rings is 2. The molecule has 2 N–H and O–H groups in total. The van der Waals surface area contributed by atoms with Gasteiger partial charge in [-0.15, -0.1) is 0 Å². The number of aromatic nitrogens is 4. The normalized spacial score (nSPS) is 14.1. The van der Waals surface area contributed by atoms with Gasteiger partial charge >= 0.3 is 5.69 Å². The maximum Gasteiger partial charge on any atom is 0.326 e. The van der Waals surface area contributed by atoms with Crippen molar-refractivity contribution in [3.63, 3.8) is 0 Å². The van der Waals surface area contributed by atoms with Gasteiger partial charge in [-0.05, 0) is 37.1 Å². The molecule has 0 unspecified atom stereocenters. The quantitative estimate of drug-likeness (QED) is 0.572. The number of benzene rings is 1. The minimum Gasteiger partial charge on any atom is -0.349 e. The summed E-state index contributed by atoms with van der Waals surface area (Å²) in [5.41, 5.74) is 2.72. The van der Waals surface area contributed by atoms with Gasteiger partial charge in [0.1, 0.15) is 5.82 Å². The first-order valence-electron chi connectivity index (χ1n) is 9.15. The Morgan fingerprint density at radius 1 is 1.15 bits per heavy atom. The van der Waals surface area contributed by atoms with Crippen LogP contribution in [-0.4, -0.2) is 31.4 Å². The van der Waals surface area contributed by atoms with Gasteiger partial charge in [-0.3, -0.25) is 9.36 Å². The van der Waals surface area contributed by atoms with E-state index in [0.29, 0.717) is 24.7 Å². The summed E-state index contributed by atoms with van der Waals surface area (Å²) in [5.74, 6) is 1.20. The van der Waals surface area contributed by atoms with E-state index >= 15 is 0 Å². The number of hydrogen-bond acceptors (Lipinski definition) is 3. The molecule has 136 valence electrons. The Hall–Kier alpha value is -3.35. The van der Waals surface area contributed by atoms with E-state index in [4.69, 9.17) is 0 Å². The third-order valence-electron chi connectivity index (χ3n) is 5.04. The molecule has 3 heterocycles. The standard InChI is InChI=1S/C20H19N5O2/c26-19(17-16-7-3-4-11-24(16)18(23-17)13-8-9-13)21-10-12-25-15-6-2-1-5-14(15)22-20(25)27/h1-7,11,13H,8-10,12H2,(H,21,26)(H,22,27). The smallest absolute Gasteiger partial charge is 0.326 e. The predicted molar refractivity (Wildman–Crippen MR) is 102 cm³/mol. The molecular formula is C20H19N5O2. The fourth-order valence-corrected chi connectivity index (χ4v) is 3.55. The zero-order valence-electron chi connectivity index (χ0n) is 14.7.